The SMILES string of the molecule is CC(=O)OCOc1cc(-c2oc3cc(O)cc(O)c3c(=O)c2O)ccc1O. The van der Waals surface area contributed by atoms with Gasteiger partial charge in [-0.1, -0.05) is 0 Å². The third-order valence-corrected chi connectivity index (χ3v) is 3.63. The molecule has 0 spiro atoms. The zero-order valence-electron chi connectivity index (χ0n) is 13.9. The fourth-order valence-corrected chi connectivity index (χ4v) is 2.42. The van der Waals surface area contributed by atoms with Crippen molar-refractivity contribution in [3.8, 4) is 40.1 Å². The Morgan fingerprint density at radius 1 is 1.07 bits per heavy atom. The van der Waals surface area contributed by atoms with E-state index < -0.39 is 29.7 Å². The second kappa shape index (κ2) is 6.79. The van der Waals surface area contributed by atoms with Gasteiger partial charge >= 0.3 is 5.97 Å². The van der Waals surface area contributed by atoms with Crippen molar-refractivity contribution < 1.29 is 39.1 Å². The molecule has 140 valence electrons. The van der Waals surface area contributed by atoms with Gasteiger partial charge in [0, 0.05) is 24.6 Å². The maximum absolute atomic E-state index is 12.4. The molecule has 0 aliphatic carbocycles. The normalized spacial score (nSPS) is 10.7. The summed E-state index contributed by atoms with van der Waals surface area (Å²) in [4.78, 5) is 23.1. The van der Waals surface area contributed by atoms with Crippen LogP contribution in [0.15, 0.2) is 39.5 Å². The molecule has 1 heterocycles. The van der Waals surface area contributed by atoms with E-state index in [1.807, 2.05) is 0 Å². The smallest absolute Gasteiger partial charge is 0.305 e. The molecule has 4 N–H and O–H groups in total. The fourth-order valence-electron chi connectivity index (χ4n) is 2.42. The molecule has 9 nitrogen and oxygen atoms in total. The number of carbonyl (C=O) groups excluding carboxylic acids is 1. The van der Waals surface area contributed by atoms with Crippen LogP contribution in [0.1, 0.15) is 6.92 Å². The van der Waals surface area contributed by atoms with Crippen LogP contribution in [0.25, 0.3) is 22.3 Å². The number of hydrogen-bond acceptors (Lipinski definition) is 9. The van der Waals surface area contributed by atoms with Crippen LogP contribution in [0.5, 0.6) is 28.7 Å². The van der Waals surface area contributed by atoms with E-state index in [0.717, 1.165) is 12.1 Å². The molecule has 0 aliphatic rings. The van der Waals surface area contributed by atoms with Crippen molar-refractivity contribution in [2.75, 3.05) is 6.79 Å². The Hall–Kier alpha value is -3.88. The van der Waals surface area contributed by atoms with Gasteiger partial charge in [0.05, 0.1) is 0 Å². The minimum Gasteiger partial charge on any atom is -0.508 e. The Bertz CT molecular complexity index is 1100. The molecule has 0 saturated heterocycles. The Balaban J connectivity index is 2.11. The van der Waals surface area contributed by atoms with Crippen molar-refractivity contribution in [1.82, 2.24) is 0 Å². The zero-order valence-corrected chi connectivity index (χ0v) is 13.9. The van der Waals surface area contributed by atoms with Gasteiger partial charge in [0.15, 0.2) is 17.3 Å². The molecule has 0 unspecified atom stereocenters. The molecule has 0 amide bonds. The number of fused-ring (bicyclic) bond motifs is 1. The fraction of sp³-hybridized carbons (Fsp3) is 0.111. The van der Waals surface area contributed by atoms with Gasteiger partial charge in [-0.05, 0) is 18.2 Å². The zero-order chi connectivity index (χ0) is 19.7. The summed E-state index contributed by atoms with van der Waals surface area (Å²) in [5.74, 6) is -2.87. The monoisotopic (exact) mass is 374 g/mol. The Kier molecular flexibility index (Phi) is 4.51. The van der Waals surface area contributed by atoms with E-state index >= 15 is 0 Å². The predicted molar refractivity (Wildman–Crippen MR) is 91.8 cm³/mol. The maximum Gasteiger partial charge on any atom is 0.305 e. The van der Waals surface area contributed by atoms with Crippen LogP contribution in [0.2, 0.25) is 0 Å². The van der Waals surface area contributed by atoms with Crippen molar-refractivity contribution in [1.29, 1.82) is 0 Å². The summed E-state index contributed by atoms with van der Waals surface area (Å²) in [5, 5.41) is 39.1. The number of phenolic OH excluding ortho intramolecular Hbond substituents is 3. The summed E-state index contributed by atoms with van der Waals surface area (Å²) in [6.45, 7) is 0.730. The number of esters is 1. The quantitative estimate of drug-likeness (QED) is 0.398. The lowest BCUT2D eigenvalue weighted by Gasteiger charge is -2.11. The van der Waals surface area contributed by atoms with Crippen LogP contribution >= 0.6 is 0 Å². The molecule has 9 heteroatoms. The maximum atomic E-state index is 12.4. The van der Waals surface area contributed by atoms with Gasteiger partial charge in [-0.25, -0.2) is 0 Å². The Morgan fingerprint density at radius 3 is 2.52 bits per heavy atom. The molecule has 0 radical (unpaired) electrons. The summed E-state index contributed by atoms with van der Waals surface area (Å²) in [5.41, 5.74) is -0.898. The van der Waals surface area contributed by atoms with Crippen LogP contribution in [0.4, 0.5) is 0 Å². The largest absolute Gasteiger partial charge is 0.508 e. The van der Waals surface area contributed by atoms with Crippen molar-refractivity contribution in [2.24, 2.45) is 0 Å². The van der Waals surface area contributed by atoms with E-state index in [4.69, 9.17) is 9.15 Å². The molecule has 27 heavy (non-hydrogen) atoms. The second-order valence-electron chi connectivity index (χ2n) is 5.53. The van der Waals surface area contributed by atoms with Gasteiger partial charge in [0.25, 0.3) is 0 Å². The lowest BCUT2D eigenvalue weighted by molar-refractivity contribution is -0.147. The molecule has 0 aliphatic heterocycles. The first-order valence-corrected chi connectivity index (χ1v) is 7.59. The van der Waals surface area contributed by atoms with E-state index in [1.165, 1.54) is 25.1 Å². The molecule has 0 fully saturated rings. The highest BCUT2D eigenvalue weighted by Crippen LogP contribution is 2.38. The summed E-state index contributed by atoms with van der Waals surface area (Å²) >= 11 is 0. The lowest BCUT2D eigenvalue weighted by Crippen LogP contribution is -2.07. The van der Waals surface area contributed by atoms with Crippen molar-refractivity contribution in [3.05, 3.63) is 40.6 Å². The molecular formula is C18H14O9. The van der Waals surface area contributed by atoms with E-state index in [1.54, 1.807) is 0 Å². The van der Waals surface area contributed by atoms with Crippen molar-refractivity contribution >= 4 is 16.9 Å². The highest BCUT2D eigenvalue weighted by atomic mass is 16.7. The molecule has 0 bridgehead atoms. The minimum atomic E-state index is -0.904. The predicted octanol–water partition coefficient (Wildman–Crippen LogP) is 2.18. The summed E-state index contributed by atoms with van der Waals surface area (Å²) in [6, 6.07) is 5.88. The molecule has 3 rings (SSSR count). The second-order valence-corrected chi connectivity index (χ2v) is 5.53. The Morgan fingerprint density at radius 2 is 1.81 bits per heavy atom. The first-order chi connectivity index (χ1) is 12.8. The average molecular weight is 374 g/mol. The molecule has 0 saturated carbocycles. The molecule has 1 aromatic heterocycles. The Labute approximate surface area is 151 Å². The topological polar surface area (TPSA) is 147 Å². The molecular weight excluding hydrogens is 360 g/mol. The van der Waals surface area contributed by atoms with Crippen LogP contribution in [0, 0.1) is 0 Å². The van der Waals surface area contributed by atoms with Crippen LogP contribution in [-0.4, -0.2) is 33.2 Å². The van der Waals surface area contributed by atoms with Gasteiger partial charge in [-0.15, -0.1) is 0 Å². The third kappa shape index (κ3) is 3.43. The number of carbonyl (C=O) groups is 1. The first-order valence-electron chi connectivity index (χ1n) is 7.59. The van der Waals surface area contributed by atoms with E-state index in [0.29, 0.717) is 0 Å². The molecule has 3 aromatic rings. The summed E-state index contributed by atoms with van der Waals surface area (Å²) in [6.07, 6.45) is 0. The van der Waals surface area contributed by atoms with Gasteiger partial charge in [-0.2, -0.15) is 0 Å². The van der Waals surface area contributed by atoms with Crippen LogP contribution < -0.4 is 10.2 Å². The van der Waals surface area contributed by atoms with Crippen LogP contribution in [0.3, 0.4) is 0 Å². The summed E-state index contributed by atoms with van der Waals surface area (Å²) in [7, 11) is 0. The molecule has 0 atom stereocenters. The minimum absolute atomic E-state index is 0.0883. The first kappa shape index (κ1) is 17.9. The average Bonchev–Trinajstić information content (AvgIpc) is 2.59. The number of hydrogen-bond donors (Lipinski definition) is 4. The number of rotatable bonds is 4. The van der Waals surface area contributed by atoms with Crippen molar-refractivity contribution in [2.45, 2.75) is 6.92 Å². The highest BCUT2D eigenvalue weighted by Gasteiger charge is 2.19. The van der Waals surface area contributed by atoms with Crippen molar-refractivity contribution in [3.63, 3.8) is 0 Å². The van der Waals surface area contributed by atoms with Gasteiger partial charge in [0.2, 0.25) is 18.0 Å². The number of phenols is 3. The van der Waals surface area contributed by atoms with Gasteiger partial charge in [0.1, 0.15) is 22.5 Å². The lowest BCUT2D eigenvalue weighted by atomic mass is 10.1. The highest BCUT2D eigenvalue weighted by molar-refractivity contribution is 5.88. The van der Waals surface area contributed by atoms with Gasteiger partial charge < -0.3 is 34.3 Å². The number of benzene rings is 2. The van der Waals surface area contributed by atoms with Crippen LogP contribution in [-0.2, 0) is 9.53 Å². The van der Waals surface area contributed by atoms with E-state index in [9.17, 15) is 30.0 Å². The van der Waals surface area contributed by atoms with E-state index in [2.05, 4.69) is 4.74 Å². The number of ether oxygens (including phenoxy) is 2. The number of aromatic hydroxyl groups is 4. The molecule has 2 aromatic carbocycles. The third-order valence-electron chi connectivity index (χ3n) is 3.63. The van der Waals surface area contributed by atoms with E-state index in [-0.39, 0.29) is 39.5 Å². The van der Waals surface area contributed by atoms with Gasteiger partial charge in [-0.3, -0.25) is 9.59 Å². The standard InChI is InChI=1S/C18H14O9/c1-8(19)25-7-26-13-4-9(2-3-11(13)21)18-17(24)16(23)15-12(22)5-10(20)6-14(15)27-18/h2-6,20-22,24H,7H2,1H3. The summed E-state index contributed by atoms with van der Waals surface area (Å²) < 4.78 is 15.2.